The van der Waals surface area contributed by atoms with E-state index in [0.717, 1.165) is 6.54 Å². The summed E-state index contributed by atoms with van der Waals surface area (Å²) in [6.45, 7) is 5.95. The molecule has 0 amide bonds. The fourth-order valence-corrected chi connectivity index (χ4v) is 1.16. The molecule has 1 unspecified atom stereocenters. The summed E-state index contributed by atoms with van der Waals surface area (Å²) in [5.74, 6) is 0. The zero-order valence-corrected chi connectivity index (χ0v) is 7.08. The zero-order valence-electron chi connectivity index (χ0n) is 7.08. The maximum Gasteiger partial charge on any atom is 0.120 e. The quantitative estimate of drug-likeness (QED) is 0.574. The third kappa shape index (κ3) is 2.41. The molecule has 1 fully saturated rings. The predicted molar refractivity (Wildman–Crippen MR) is 41.8 cm³/mol. The van der Waals surface area contributed by atoms with Crippen LogP contribution < -0.4 is 5.43 Å². The lowest BCUT2D eigenvalue weighted by molar-refractivity contribution is -0.153. The average molecular weight is 160 g/mol. The van der Waals surface area contributed by atoms with E-state index in [4.69, 9.17) is 4.74 Å². The van der Waals surface area contributed by atoms with Gasteiger partial charge < -0.3 is 9.84 Å². The van der Waals surface area contributed by atoms with Gasteiger partial charge in [0.25, 0.3) is 0 Å². The molecule has 66 valence electrons. The Morgan fingerprint density at radius 1 is 1.73 bits per heavy atom. The third-order valence-electron chi connectivity index (χ3n) is 1.74. The van der Waals surface area contributed by atoms with Crippen LogP contribution in [0.2, 0.25) is 0 Å². The Hall–Kier alpha value is -0.160. The zero-order chi connectivity index (χ0) is 8.27. The smallest absolute Gasteiger partial charge is 0.120 e. The van der Waals surface area contributed by atoms with Gasteiger partial charge in [0.2, 0.25) is 0 Å². The third-order valence-corrected chi connectivity index (χ3v) is 1.74. The SMILES string of the molecule is CCNN1C[C@@H](O)COC1C. The number of hydrogen-bond donors (Lipinski definition) is 2. The van der Waals surface area contributed by atoms with Crippen molar-refractivity contribution in [2.24, 2.45) is 0 Å². The second kappa shape index (κ2) is 4.01. The first kappa shape index (κ1) is 8.93. The first-order valence-electron chi connectivity index (χ1n) is 4.04. The molecule has 0 radical (unpaired) electrons. The van der Waals surface area contributed by atoms with Crippen LogP contribution in [0.4, 0.5) is 0 Å². The Labute approximate surface area is 67.1 Å². The van der Waals surface area contributed by atoms with Crippen molar-refractivity contribution in [1.29, 1.82) is 0 Å². The van der Waals surface area contributed by atoms with E-state index in [0.29, 0.717) is 13.2 Å². The standard InChI is InChI=1S/C7H16N2O2/c1-3-8-9-4-7(10)5-11-6(9)2/h6-8,10H,3-5H2,1-2H3/t6?,7-/m1/s1. The first-order valence-corrected chi connectivity index (χ1v) is 4.04. The monoisotopic (exact) mass is 160 g/mol. The molecule has 1 saturated heterocycles. The highest BCUT2D eigenvalue weighted by Crippen LogP contribution is 2.06. The number of rotatable bonds is 2. The summed E-state index contributed by atoms with van der Waals surface area (Å²) in [5, 5.41) is 11.1. The van der Waals surface area contributed by atoms with Gasteiger partial charge in [-0.05, 0) is 6.92 Å². The summed E-state index contributed by atoms with van der Waals surface area (Å²) in [4.78, 5) is 0. The van der Waals surface area contributed by atoms with Crippen molar-refractivity contribution in [2.45, 2.75) is 26.2 Å². The second-order valence-electron chi connectivity index (χ2n) is 2.75. The van der Waals surface area contributed by atoms with E-state index in [1.54, 1.807) is 0 Å². The molecule has 0 aromatic rings. The molecular weight excluding hydrogens is 144 g/mol. The van der Waals surface area contributed by atoms with Gasteiger partial charge in [0.05, 0.1) is 12.7 Å². The Morgan fingerprint density at radius 2 is 2.45 bits per heavy atom. The molecule has 0 spiro atoms. The normalized spacial score (nSPS) is 34.1. The van der Waals surface area contributed by atoms with Gasteiger partial charge in [-0.25, -0.2) is 5.01 Å². The van der Waals surface area contributed by atoms with Gasteiger partial charge in [0.1, 0.15) is 6.23 Å². The van der Waals surface area contributed by atoms with Gasteiger partial charge in [-0.2, -0.15) is 0 Å². The largest absolute Gasteiger partial charge is 0.389 e. The van der Waals surface area contributed by atoms with Crippen LogP contribution in [0.3, 0.4) is 0 Å². The maximum atomic E-state index is 9.22. The molecule has 0 aliphatic carbocycles. The Bertz CT molecular complexity index is 121. The first-order chi connectivity index (χ1) is 5.24. The van der Waals surface area contributed by atoms with Crippen molar-refractivity contribution in [1.82, 2.24) is 10.4 Å². The van der Waals surface area contributed by atoms with E-state index in [1.807, 2.05) is 18.9 Å². The number of nitrogens with one attached hydrogen (secondary N) is 1. The molecule has 1 aliphatic heterocycles. The summed E-state index contributed by atoms with van der Waals surface area (Å²) in [7, 11) is 0. The molecule has 0 bridgehead atoms. The number of β-amino-alcohol motifs (C(OH)–C–C–N with tert-alkyl or cyclic N) is 1. The van der Waals surface area contributed by atoms with Crippen molar-refractivity contribution in [3.63, 3.8) is 0 Å². The number of ether oxygens (including phenoxy) is 1. The predicted octanol–water partition coefficient (Wildman–Crippen LogP) is -0.450. The maximum absolute atomic E-state index is 9.22. The molecule has 1 heterocycles. The van der Waals surface area contributed by atoms with Crippen molar-refractivity contribution in [3.05, 3.63) is 0 Å². The lowest BCUT2D eigenvalue weighted by Gasteiger charge is -2.35. The molecule has 11 heavy (non-hydrogen) atoms. The Morgan fingerprint density at radius 3 is 3.09 bits per heavy atom. The molecule has 1 rings (SSSR count). The fourth-order valence-electron chi connectivity index (χ4n) is 1.16. The Kier molecular flexibility index (Phi) is 3.26. The molecule has 4 heteroatoms. The highest BCUT2D eigenvalue weighted by molar-refractivity contribution is 4.67. The molecule has 4 nitrogen and oxygen atoms in total. The number of hydrazine groups is 1. The summed E-state index contributed by atoms with van der Waals surface area (Å²) in [5.41, 5.74) is 3.11. The molecule has 0 aromatic carbocycles. The van der Waals surface area contributed by atoms with Crippen molar-refractivity contribution in [3.8, 4) is 0 Å². The highest BCUT2D eigenvalue weighted by Gasteiger charge is 2.23. The molecule has 2 N–H and O–H groups in total. The van der Waals surface area contributed by atoms with Gasteiger partial charge >= 0.3 is 0 Å². The van der Waals surface area contributed by atoms with Gasteiger partial charge in [-0.1, -0.05) is 6.92 Å². The number of aliphatic hydroxyl groups is 1. The topological polar surface area (TPSA) is 44.7 Å². The van der Waals surface area contributed by atoms with Crippen LogP contribution in [-0.4, -0.2) is 42.1 Å². The summed E-state index contributed by atoms with van der Waals surface area (Å²) in [6, 6.07) is 0. The summed E-state index contributed by atoms with van der Waals surface area (Å²) in [6.07, 6.45) is -0.288. The van der Waals surface area contributed by atoms with Crippen LogP contribution in [0.1, 0.15) is 13.8 Å². The van der Waals surface area contributed by atoms with Crippen LogP contribution in [0.15, 0.2) is 0 Å². The summed E-state index contributed by atoms with van der Waals surface area (Å²) < 4.78 is 5.27. The van der Waals surface area contributed by atoms with Crippen molar-refractivity contribution < 1.29 is 9.84 Å². The lowest BCUT2D eigenvalue weighted by atomic mass is 10.3. The Balaban J connectivity index is 2.34. The van der Waals surface area contributed by atoms with E-state index in [9.17, 15) is 5.11 Å². The van der Waals surface area contributed by atoms with Gasteiger partial charge in [-0.15, -0.1) is 0 Å². The van der Waals surface area contributed by atoms with E-state index in [1.165, 1.54) is 0 Å². The van der Waals surface area contributed by atoms with Crippen LogP contribution in [0.25, 0.3) is 0 Å². The van der Waals surface area contributed by atoms with Crippen LogP contribution in [-0.2, 0) is 4.74 Å². The number of hydrogen-bond acceptors (Lipinski definition) is 4. The van der Waals surface area contributed by atoms with Crippen molar-refractivity contribution in [2.75, 3.05) is 19.7 Å². The minimum absolute atomic E-state index is 0.0679. The lowest BCUT2D eigenvalue weighted by Crippen LogP contribution is -2.54. The van der Waals surface area contributed by atoms with Crippen molar-refractivity contribution >= 4 is 0 Å². The van der Waals surface area contributed by atoms with E-state index in [2.05, 4.69) is 5.43 Å². The molecule has 2 atom stereocenters. The number of nitrogens with zero attached hydrogens (tertiary/aromatic N) is 1. The van der Waals surface area contributed by atoms with Crippen LogP contribution >= 0.6 is 0 Å². The summed E-state index contributed by atoms with van der Waals surface area (Å²) >= 11 is 0. The van der Waals surface area contributed by atoms with E-state index in [-0.39, 0.29) is 12.3 Å². The van der Waals surface area contributed by atoms with E-state index < -0.39 is 0 Å². The van der Waals surface area contributed by atoms with Crippen LogP contribution in [0.5, 0.6) is 0 Å². The average Bonchev–Trinajstić information content (AvgIpc) is 1.98. The number of aliphatic hydroxyl groups excluding tert-OH is 1. The molecule has 0 aromatic heterocycles. The molecule has 1 aliphatic rings. The van der Waals surface area contributed by atoms with Gasteiger partial charge in [0, 0.05) is 13.1 Å². The molecule has 0 saturated carbocycles. The van der Waals surface area contributed by atoms with E-state index >= 15 is 0 Å². The highest BCUT2D eigenvalue weighted by atomic mass is 16.5. The van der Waals surface area contributed by atoms with Gasteiger partial charge in [-0.3, -0.25) is 5.43 Å². The minimum Gasteiger partial charge on any atom is -0.389 e. The molecular formula is C7H16N2O2. The van der Waals surface area contributed by atoms with Crippen LogP contribution in [0, 0.1) is 0 Å². The fraction of sp³-hybridized carbons (Fsp3) is 1.00. The second-order valence-corrected chi connectivity index (χ2v) is 2.75. The minimum atomic E-state index is -0.356. The van der Waals surface area contributed by atoms with Gasteiger partial charge in [0.15, 0.2) is 0 Å².